The van der Waals surface area contributed by atoms with Crippen molar-refractivity contribution in [3.63, 3.8) is 0 Å². The molecule has 0 aliphatic rings. The van der Waals surface area contributed by atoms with Crippen molar-refractivity contribution in [1.29, 1.82) is 0 Å². The Balaban J connectivity index is 1.61. The molecule has 3 rings (SSSR count). The number of carbonyl (C=O) groups is 2. The highest BCUT2D eigenvalue weighted by Gasteiger charge is 2.25. The van der Waals surface area contributed by atoms with E-state index in [0.717, 1.165) is 16.0 Å². The van der Waals surface area contributed by atoms with E-state index in [1.165, 1.54) is 11.3 Å². The second kappa shape index (κ2) is 11.6. The molecule has 33 heavy (non-hydrogen) atoms. The number of hydrogen-bond acceptors (Lipinski definition) is 6. The number of ether oxygens (including phenoxy) is 1. The van der Waals surface area contributed by atoms with E-state index in [1.54, 1.807) is 37.4 Å². The van der Waals surface area contributed by atoms with Crippen LogP contribution in [0.5, 0.6) is 0 Å². The molecule has 3 N–H and O–H groups in total. The number of anilines is 1. The normalized spacial score (nSPS) is 12.8. The van der Waals surface area contributed by atoms with Crippen molar-refractivity contribution in [1.82, 2.24) is 10.3 Å². The molecule has 2 amide bonds. The standard InChI is InChI=1S/C25H29N3O4S/c1-16(2)22(28-25(31)32-15-19-7-5-4-6-8-19)21-13-26-24(33-21)17(3)23(30)27-20-11-9-18(14-29)10-12-20/h4-13,16-17,22,29H,14-15H2,1-3H3,(H,27,30)(H,28,31)/t17?,22-/m0/s1. The predicted octanol–water partition coefficient (Wildman–Crippen LogP) is 5.00. The van der Waals surface area contributed by atoms with Crippen LogP contribution in [0.25, 0.3) is 0 Å². The average Bonchev–Trinajstić information content (AvgIpc) is 3.31. The molecule has 174 valence electrons. The van der Waals surface area contributed by atoms with Crippen LogP contribution in [0.2, 0.25) is 0 Å². The van der Waals surface area contributed by atoms with E-state index >= 15 is 0 Å². The summed E-state index contributed by atoms with van der Waals surface area (Å²) < 4.78 is 5.36. The van der Waals surface area contributed by atoms with E-state index in [1.807, 2.05) is 44.2 Å². The van der Waals surface area contributed by atoms with Crippen molar-refractivity contribution in [2.75, 3.05) is 5.32 Å². The highest BCUT2D eigenvalue weighted by molar-refractivity contribution is 7.11. The number of aliphatic hydroxyl groups excluding tert-OH is 1. The number of alkyl carbamates (subject to hydrolysis) is 1. The molecule has 0 aliphatic heterocycles. The Bertz CT molecular complexity index is 1050. The van der Waals surface area contributed by atoms with Crippen molar-refractivity contribution in [3.05, 3.63) is 81.8 Å². The van der Waals surface area contributed by atoms with Crippen molar-refractivity contribution in [3.8, 4) is 0 Å². The highest BCUT2D eigenvalue weighted by atomic mass is 32.1. The molecule has 0 bridgehead atoms. The zero-order valence-corrected chi connectivity index (χ0v) is 19.8. The third kappa shape index (κ3) is 6.87. The van der Waals surface area contributed by atoms with Gasteiger partial charge in [0.2, 0.25) is 5.91 Å². The van der Waals surface area contributed by atoms with Gasteiger partial charge in [-0.25, -0.2) is 9.78 Å². The monoisotopic (exact) mass is 467 g/mol. The average molecular weight is 468 g/mol. The van der Waals surface area contributed by atoms with E-state index in [-0.39, 0.29) is 31.1 Å². The quantitative estimate of drug-likeness (QED) is 0.411. The van der Waals surface area contributed by atoms with Crippen LogP contribution < -0.4 is 10.6 Å². The first-order valence-corrected chi connectivity index (χ1v) is 11.6. The van der Waals surface area contributed by atoms with Gasteiger partial charge in [-0.2, -0.15) is 0 Å². The summed E-state index contributed by atoms with van der Waals surface area (Å²) >= 11 is 1.40. The van der Waals surface area contributed by atoms with Crippen molar-refractivity contribution < 1.29 is 19.4 Å². The van der Waals surface area contributed by atoms with Gasteiger partial charge in [0.15, 0.2) is 0 Å². The fraction of sp³-hybridized carbons (Fsp3) is 0.320. The number of nitrogens with zero attached hydrogens (tertiary/aromatic N) is 1. The Morgan fingerprint density at radius 2 is 1.73 bits per heavy atom. The molecule has 0 spiro atoms. The van der Waals surface area contributed by atoms with Crippen LogP contribution in [0.4, 0.5) is 10.5 Å². The van der Waals surface area contributed by atoms with Crippen LogP contribution >= 0.6 is 11.3 Å². The minimum absolute atomic E-state index is 0.0443. The summed E-state index contributed by atoms with van der Waals surface area (Å²) in [5.41, 5.74) is 2.35. The first kappa shape index (κ1) is 24.4. The zero-order valence-electron chi connectivity index (χ0n) is 18.9. The molecular formula is C25H29N3O4S. The Kier molecular flexibility index (Phi) is 8.57. The molecule has 1 aromatic heterocycles. The summed E-state index contributed by atoms with van der Waals surface area (Å²) in [6, 6.07) is 16.3. The molecule has 1 unspecified atom stereocenters. The van der Waals surface area contributed by atoms with Crippen LogP contribution in [-0.2, 0) is 22.7 Å². The molecule has 0 radical (unpaired) electrons. The molecule has 0 saturated carbocycles. The molecule has 0 aliphatic carbocycles. The fourth-order valence-electron chi connectivity index (χ4n) is 3.16. The number of aliphatic hydroxyl groups is 1. The van der Waals surface area contributed by atoms with Crippen molar-refractivity contribution >= 4 is 29.0 Å². The molecule has 8 heteroatoms. The lowest BCUT2D eigenvalue weighted by Crippen LogP contribution is -2.31. The molecule has 7 nitrogen and oxygen atoms in total. The van der Waals surface area contributed by atoms with Crippen molar-refractivity contribution in [2.24, 2.45) is 5.92 Å². The van der Waals surface area contributed by atoms with Crippen LogP contribution in [-0.4, -0.2) is 22.1 Å². The van der Waals surface area contributed by atoms with Gasteiger partial charge >= 0.3 is 6.09 Å². The van der Waals surface area contributed by atoms with Gasteiger partial charge < -0.3 is 20.5 Å². The fourth-order valence-corrected chi connectivity index (χ4v) is 4.35. The second-order valence-electron chi connectivity index (χ2n) is 8.09. The number of rotatable bonds is 9. The van der Waals surface area contributed by atoms with E-state index in [4.69, 9.17) is 9.84 Å². The number of hydrogen-bond donors (Lipinski definition) is 3. The smallest absolute Gasteiger partial charge is 0.407 e. The number of aromatic nitrogens is 1. The second-order valence-corrected chi connectivity index (χ2v) is 9.19. The predicted molar refractivity (Wildman–Crippen MR) is 129 cm³/mol. The SMILES string of the molecule is CC(C(=O)Nc1ccc(CO)cc1)c1ncc([C@@H](NC(=O)OCc2ccccc2)C(C)C)s1. The van der Waals surface area contributed by atoms with Gasteiger partial charge in [0.1, 0.15) is 11.6 Å². The molecule has 2 aromatic carbocycles. The van der Waals surface area contributed by atoms with Gasteiger partial charge in [0.25, 0.3) is 0 Å². The minimum Gasteiger partial charge on any atom is -0.445 e. The number of thiazole rings is 1. The maximum Gasteiger partial charge on any atom is 0.407 e. The van der Waals surface area contributed by atoms with E-state index in [0.29, 0.717) is 10.7 Å². The first-order chi connectivity index (χ1) is 15.9. The molecule has 1 heterocycles. The number of amides is 2. The molecule has 0 saturated heterocycles. The van der Waals surface area contributed by atoms with Gasteiger partial charge in [-0.05, 0) is 36.1 Å². The first-order valence-electron chi connectivity index (χ1n) is 10.8. The van der Waals surface area contributed by atoms with E-state index in [2.05, 4.69) is 15.6 Å². The largest absolute Gasteiger partial charge is 0.445 e. The van der Waals surface area contributed by atoms with Crippen LogP contribution in [0.1, 0.15) is 53.7 Å². The van der Waals surface area contributed by atoms with Gasteiger partial charge in [0.05, 0.1) is 18.6 Å². The maximum atomic E-state index is 12.7. The Labute approximate surface area is 197 Å². The topological polar surface area (TPSA) is 101 Å². The van der Waals surface area contributed by atoms with Crippen LogP contribution in [0, 0.1) is 5.92 Å². The summed E-state index contributed by atoms with van der Waals surface area (Å²) in [6.07, 6.45) is 1.21. The molecule has 0 fully saturated rings. The van der Waals surface area contributed by atoms with E-state index in [9.17, 15) is 9.59 Å². The lowest BCUT2D eigenvalue weighted by atomic mass is 10.0. The third-order valence-electron chi connectivity index (χ3n) is 5.17. The van der Waals surface area contributed by atoms with Crippen LogP contribution in [0.15, 0.2) is 60.8 Å². The Morgan fingerprint density at radius 3 is 2.36 bits per heavy atom. The molecule has 3 aromatic rings. The van der Waals surface area contributed by atoms with Crippen LogP contribution in [0.3, 0.4) is 0 Å². The Morgan fingerprint density at radius 1 is 1.03 bits per heavy atom. The lowest BCUT2D eigenvalue weighted by molar-refractivity contribution is -0.117. The summed E-state index contributed by atoms with van der Waals surface area (Å²) in [5.74, 6) is -0.528. The third-order valence-corrected chi connectivity index (χ3v) is 6.43. The number of nitrogens with one attached hydrogen (secondary N) is 2. The van der Waals surface area contributed by atoms with Gasteiger partial charge in [-0.15, -0.1) is 11.3 Å². The summed E-state index contributed by atoms with van der Waals surface area (Å²) in [7, 11) is 0. The number of carbonyl (C=O) groups excluding carboxylic acids is 2. The van der Waals surface area contributed by atoms with Gasteiger partial charge in [0, 0.05) is 16.8 Å². The summed E-state index contributed by atoms with van der Waals surface area (Å²) in [4.78, 5) is 30.4. The molecule has 2 atom stereocenters. The highest BCUT2D eigenvalue weighted by Crippen LogP contribution is 2.31. The number of benzene rings is 2. The molecular weight excluding hydrogens is 438 g/mol. The Hall–Kier alpha value is -3.23. The maximum absolute atomic E-state index is 12.7. The lowest BCUT2D eigenvalue weighted by Gasteiger charge is -2.20. The van der Waals surface area contributed by atoms with Gasteiger partial charge in [-0.3, -0.25) is 4.79 Å². The van der Waals surface area contributed by atoms with Gasteiger partial charge in [-0.1, -0.05) is 56.3 Å². The van der Waals surface area contributed by atoms with Crippen molar-refractivity contribution in [2.45, 2.75) is 45.9 Å². The minimum atomic E-state index is -0.496. The zero-order chi connectivity index (χ0) is 23.8. The summed E-state index contributed by atoms with van der Waals surface area (Å²) in [6.45, 7) is 5.96. The van der Waals surface area contributed by atoms with E-state index < -0.39 is 12.0 Å². The summed E-state index contributed by atoms with van der Waals surface area (Å²) in [5, 5.41) is 15.6.